The number of hydrogen-bond donors (Lipinski definition) is 1. The van der Waals surface area contributed by atoms with Crippen LogP contribution in [0.4, 0.5) is 0 Å². The lowest BCUT2D eigenvalue weighted by atomic mass is 10.4. The minimum Gasteiger partial charge on any atom is -0.387 e. The highest BCUT2D eigenvalue weighted by Crippen LogP contribution is 1.93. The zero-order valence-corrected chi connectivity index (χ0v) is 9.17. The maximum absolute atomic E-state index is 3.71. The van der Waals surface area contributed by atoms with Gasteiger partial charge in [0.15, 0.2) is 0 Å². The third-order valence-corrected chi connectivity index (χ3v) is 1.77. The second kappa shape index (κ2) is 6.54. The molecule has 0 saturated heterocycles. The van der Waals surface area contributed by atoms with Crippen LogP contribution in [0.2, 0.25) is 0 Å². The summed E-state index contributed by atoms with van der Waals surface area (Å²) in [6.45, 7) is 5.79. The Labute approximate surface area is 81.7 Å². The van der Waals surface area contributed by atoms with Crippen LogP contribution in [0.5, 0.6) is 0 Å². The Kier molecular flexibility index (Phi) is 6.06. The molecule has 0 rings (SSSR count). The summed E-state index contributed by atoms with van der Waals surface area (Å²) in [5.74, 6) is 0. The quantitative estimate of drug-likeness (QED) is 0.612. The minimum atomic E-state index is 1.02. The van der Waals surface area contributed by atoms with Crippen molar-refractivity contribution < 1.29 is 0 Å². The molecule has 0 bridgehead atoms. The van der Waals surface area contributed by atoms with Crippen LogP contribution >= 0.6 is 0 Å². The fourth-order valence-corrected chi connectivity index (χ4v) is 0.879. The highest BCUT2D eigenvalue weighted by molar-refractivity contribution is 5.12. The van der Waals surface area contributed by atoms with Gasteiger partial charge in [0.05, 0.1) is 0 Å². The molecule has 0 aliphatic rings. The predicted octanol–water partition coefficient (Wildman–Crippen LogP) is 0.727. The molecule has 0 aliphatic carbocycles. The summed E-state index contributed by atoms with van der Waals surface area (Å²) in [5.41, 5.74) is 1.04. The van der Waals surface area contributed by atoms with Crippen molar-refractivity contribution in [2.75, 3.05) is 41.3 Å². The van der Waals surface area contributed by atoms with Gasteiger partial charge in [-0.05, 0) is 20.2 Å². The van der Waals surface area contributed by atoms with E-state index in [1.165, 1.54) is 0 Å². The van der Waals surface area contributed by atoms with E-state index in [0.717, 1.165) is 18.8 Å². The summed E-state index contributed by atoms with van der Waals surface area (Å²) in [4.78, 5) is 4.31. The molecule has 76 valence electrons. The van der Waals surface area contributed by atoms with Gasteiger partial charge >= 0.3 is 0 Å². The number of allylic oxidation sites excluding steroid dienone is 1. The first-order valence-corrected chi connectivity index (χ1v) is 4.47. The molecule has 0 aromatic heterocycles. The lowest BCUT2D eigenvalue weighted by molar-refractivity contribution is 0.339. The molecule has 0 unspecified atom stereocenters. The SMILES string of the molecule is C=C/C(=C\N(C)CCN(C)C)NC. The molecule has 0 atom stereocenters. The van der Waals surface area contributed by atoms with Crippen molar-refractivity contribution in [1.82, 2.24) is 15.1 Å². The van der Waals surface area contributed by atoms with Crippen LogP contribution < -0.4 is 5.32 Å². The lowest BCUT2D eigenvalue weighted by Gasteiger charge is -2.18. The molecular weight excluding hydrogens is 162 g/mol. The summed E-state index contributed by atoms with van der Waals surface area (Å²) < 4.78 is 0. The molecule has 1 N–H and O–H groups in total. The summed E-state index contributed by atoms with van der Waals surface area (Å²) in [6, 6.07) is 0. The normalized spacial score (nSPS) is 11.6. The van der Waals surface area contributed by atoms with E-state index in [0.29, 0.717) is 0 Å². The first-order chi connectivity index (χ1) is 6.10. The first-order valence-electron chi connectivity index (χ1n) is 4.47. The molecule has 0 aromatic carbocycles. The molecule has 0 heterocycles. The largest absolute Gasteiger partial charge is 0.387 e. The summed E-state index contributed by atoms with van der Waals surface area (Å²) in [5, 5.41) is 3.06. The van der Waals surface area contributed by atoms with Gasteiger partial charge in [0.25, 0.3) is 0 Å². The zero-order valence-electron chi connectivity index (χ0n) is 9.17. The number of nitrogens with one attached hydrogen (secondary N) is 1. The lowest BCUT2D eigenvalue weighted by Crippen LogP contribution is -2.26. The molecule has 0 aromatic rings. The van der Waals surface area contributed by atoms with Crippen molar-refractivity contribution in [2.45, 2.75) is 0 Å². The van der Waals surface area contributed by atoms with Crippen LogP contribution in [0, 0.1) is 0 Å². The van der Waals surface area contributed by atoms with E-state index in [-0.39, 0.29) is 0 Å². The van der Waals surface area contributed by atoms with Crippen LogP contribution in [0.25, 0.3) is 0 Å². The Morgan fingerprint density at radius 3 is 2.31 bits per heavy atom. The van der Waals surface area contributed by atoms with E-state index < -0.39 is 0 Å². The smallest absolute Gasteiger partial charge is 0.0493 e. The van der Waals surface area contributed by atoms with E-state index in [1.807, 2.05) is 13.1 Å². The molecule has 0 saturated carbocycles. The topological polar surface area (TPSA) is 18.5 Å². The monoisotopic (exact) mass is 183 g/mol. The van der Waals surface area contributed by atoms with Crippen molar-refractivity contribution in [2.24, 2.45) is 0 Å². The Morgan fingerprint density at radius 1 is 1.31 bits per heavy atom. The second-order valence-electron chi connectivity index (χ2n) is 3.32. The molecule has 0 spiro atoms. The summed E-state index contributed by atoms with van der Waals surface area (Å²) in [7, 11) is 8.10. The molecule has 0 fully saturated rings. The fourth-order valence-electron chi connectivity index (χ4n) is 0.879. The second-order valence-corrected chi connectivity index (χ2v) is 3.32. The highest BCUT2D eigenvalue weighted by Gasteiger charge is 1.94. The standard InChI is InChI=1S/C10H21N3/c1-6-10(11-2)9-13(5)8-7-12(3)4/h6,9,11H,1,7-8H2,2-5H3/b10-9+. The van der Waals surface area contributed by atoms with Gasteiger partial charge in [0.1, 0.15) is 0 Å². The van der Waals surface area contributed by atoms with Gasteiger partial charge in [-0.1, -0.05) is 6.58 Å². The fraction of sp³-hybridized carbons (Fsp3) is 0.600. The molecule has 3 nitrogen and oxygen atoms in total. The van der Waals surface area contributed by atoms with Crippen molar-refractivity contribution in [3.63, 3.8) is 0 Å². The van der Waals surface area contributed by atoms with Crippen molar-refractivity contribution >= 4 is 0 Å². The van der Waals surface area contributed by atoms with Crippen molar-refractivity contribution in [3.8, 4) is 0 Å². The summed E-state index contributed by atoms with van der Waals surface area (Å²) >= 11 is 0. The molecule has 3 heteroatoms. The molecule has 0 aliphatic heterocycles. The van der Waals surface area contributed by atoms with E-state index in [9.17, 15) is 0 Å². The van der Waals surface area contributed by atoms with Gasteiger partial charge < -0.3 is 15.1 Å². The average Bonchev–Trinajstić information content (AvgIpc) is 2.10. The number of rotatable bonds is 6. The van der Waals surface area contributed by atoms with E-state index in [1.54, 1.807) is 0 Å². The number of likely N-dealkylation sites (N-methyl/N-ethyl adjacent to an activating group) is 3. The van der Waals surface area contributed by atoms with E-state index >= 15 is 0 Å². The van der Waals surface area contributed by atoms with Crippen LogP contribution in [-0.4, -0.2) is 51.1 Å². The number of nitrogens with zero attached hydrogens (tertiary/aromatic N) is 2. The van der Waals surface area contributed by atoms with Gasteiger partial charge in [-0.2, -0.15) is 0 Å². The van der Waals surface area contributed by atoms with Crippen LogP contribution in [-0.2, 0) is 0 Å². The molecular formula is C10H21N3. The summed E-state index contributed by atoms with van der Waals surface area (Å²) in [6.07, 6.45) is 3.86. The zero-order chi connectivity index (χ0) is 10.3. The Balaban J connectivity index is 3.89. The van der Waals surface area contributed by atoms with Gasteiger partial charge in [0.2, 0.25) is 0 Å². The minimum absolute atomic E-state index is 1.02. The van der Waals surface area contributed by atoms with Crippen molar-refractivity contribution in [1.29, 1.82) is 0 Å². The van der Waals surface area contributed by atoms with Gasteiger partial charge in [-0.15, -0.1) is 0 Å². The van der Waals surface area contributed by atoms with Crippen LogP contribution in [0.3, 0.4) is 0 Å². The Bertz CT molecular complexity index is 173. The Hall–Kier alpha value is -0.960. The maximum Gasteiger partial charge on any atom is 0.0493 e. The van der Waals surface area contributed by atoms with Gasteiger partial charge in [0, 0.05) is 39.1 Å². The predicted molar refractivity (Wildman–Crippen MR) is 58.5 cm³/mol. The molecule has 0 amide bonds. The first kappa shape index (κ1) is 12.0. The average molecular weight is 183 g/mol. The third-order valence-electron chi connectivity index (χ3n) is 1.77. The third kappa shape index (κ3) is 6.22. The molecule has 0 radical (unpaired) electrons. The van der Waals surface area contributed by atoms with Crippen LogP contribution in [0.1, 0.15) is 0 Å². The van der Waals surface area contributed by atoms with Gasteiger partial charge in [-0.25, -0.2) is 0 Å². The van der Waals surface area contributed by atoms with Crippen molar-refractivity contribution in [3.05, 3.63) is 24.6 Å². The molecule has 13 heavy (non-hydrogen) atoms. The highest BCUT2D eigenvalue weighted by atomic mass is 15.1. The Morgan fingerprint density at radius 2 is 1.92 bits per heavy atom. The van der Waals surface area contributed by atoms with E-state index in [4.69, 9.17) is 0 Å². The number of hydrogen-bond acceptors (Lipinski definition) is 3. The van der Waals surface area contributed by atoms with Gasteiger partial charge in [-0.3, -0.25) is 0 Å². The van der Waals surface area contributed by atoms with E-state index in [2.05, 4.69) is 49.0 Å². The maximum atomic E-state index is 3.71. The van der Waals surface area contributed by atoms with Crippen LogP contribution in [0.15, 0.2) is 24.6 Å².